The fourth-order valence-electron chi connectivity index (χ4n) is 3.31. The molecule has 0 bridgehead atoms. The minimum atomic E-state index is 0.516. The Morgan fingerprint density at radius 1 is 0.923 bits per heavy atom. The van der Waals surface area contributed by atoms with E-state index in [-0.39, 0.29) is 0 Å². The molecule has 0 aliphatic carbocycles. The van der Waals surface area contributed by atoms with Gasteiger partial charge in [0.1, 0.15) is 12.4 Å². The van der Waals surface area contributed by atoms with Crippen molar-refractivity contribution < 1.29 is 4.74 Å². The van der Waals surface area contributed by atoms with E-state index in [0.717, 1.165) is 28.7 Å². The molecular formula is C25H26O. The zero-order valence-corrected chi connectivity index (χ0v) is 15.7. The van der Waals surface area contributed by atoms with Gasteiger partial charge in [0.25, 0.3) is 0 Å². The van der Waals surface area contributed by atoms with Crippen molar-refractivity contribution in [1.82, 2.24) is 0 Å². The molecule has 0 saturated heterocycles. The minimum absolute atomic E-state index is 0.516. The Balaban J connectivity index is 1.95. The first-order chi connectivity index (χ1) is 12.6. The normalized spacial score (nSPS) is 10.9. The van der Waals surface area contributed by atoms with E-state index in [1.165, 1.54) is 16.5 Å². The zero-order chi connectivity index (χ0) is 18.5. The van der Waals surface area contributed by atoms with Gasteiger partial charge in [-0.15, -0.1) is 0 Å². The quantitative estimate of drug-likeness (QED) is 0.453. The Morgan fingerprint density at radius 2 is 1.65 bits per heavy atom. The highest BCUT2D eigenvalue weighted by molar-refractivity contribution is 5.91. The van der Waals surface area contributed by atoms with Gasteiger partial charge in [-0.05, 0) is 34.4 Å². The second kappa shape index (κ2) is 8.05. The van der Waals surface area contributed by atoms with Gasteiger partial charge in [0.15, 0.2) is 0 Å². The van der Waals surface area contributed by atoms with Crippen molar-refractivity contribution in [3.63, 3.8) is 0 Å². The van der Waals surface area contributed by atoms with Crippen LogP contribution in [0.2, 0.25) is 0 Å². The van der Waals surface area contributed by atoms with E-state index in [2.05, 4.69) is 69.5 Å². The molecule has 0 unspecified atom stereocenters. The molecule has 3 rings (SSSR count). The van der Waals surface area contributed by atoms with E-state index in [1.54, 1.807) is 0 Å². The van der Waals surface area contributed by atoms with Crippen LogP contribution in [0.15, 0.2) is 67.8 Å². The highest BCUT2D eigenvalue weighted by Gasteiger charge is 2.09. The maximum absolute atomic E-state index is 6.31. The first-order valence-corrected chi connectivity index (χ1v) is 9.13. The summed E-state index contributed by atoms with van der Waals surface area (Å²) in [4.78, 5) is 0. The molecule has 0 fully saturated rings. The van der Waals surface area contributed by atoms with Gasteiger partial charge in [-0.25, -0.2) is 0 Å². The van der Waals surface area contributed by atoms with E-state index in [4.69, 9.17) is 4.74 Å². The molecule has 0 spiro atoms. The lowest BCUT2D eigenvalue weighted by Gasteiger charge is -2.15. The molecule has 0 saturated carbocycles. The van der Waals surface area contributed by atoms with Crippen molar-refractivity contribution in [2.45, 2.75) is 26.9 Å². The van der Waals surface area contributed by atoms with E-state index in [9.17, 15) is 0 Å². The molecule has 0 aromatic heterocycles. The summed E-state index contributed by atoms with van der Waals surface area (Å²) in [6.45, 7) is 12.9. The van der Waals surface area contributed by atoms with Crippen LogP contribution in [0.4, 0.5) is 0 Å². The first kappa shape index (κ1) is 18.0. The molecule has 132 valence electrons. The maximum Gasteiger partial charge on any atom is 0.134 e. The molecule has 0 radical (unpaired) electrons. The average molecular weight is 342 g/mol. The van der Waals surface area contributed by atoms with Crippen LogP contribution in [0, 0.1) is 5.92 Å². The summed E-state index contributed by atoms with van der Waals surface area (Å²) in [6.07, 6.45) is 4.82. The largest absolute Gasteiger partial charge is 0.488 e. The van der Waals surface area contributed by atoms with Gasteiger partial charge < -0.3 is 4.74 Å². The molecule has 1 heteroatoms. The molecular weight excluding hydrogens is 316 g/mol. The van der Waals surface area contributed by atoms with Crippen molar-refractivity contribution in [1.29, 1.82) is 0 Å². The van der Waals surface area contributed by atoms with Gasteiger partial charge in [0.2, 0.25) is 0 Å². The van der Waals surface area contributed by atoms with Crippen molar-refractivity contribution in [3.8, 4) is 5.75 Å². The van der Waals surface area contributed by atoms with Crippen LogP contribution in [0.5, 0.6) is 5.75 Å². The van der Waals surface area contributed by atoms with E-state index < -0.39 is 0 Å². The molecule has 0 heterocycles. The van der Waals surface area contributed by atoms with Gasteiger partial charge >= 0.3 is 0 Å². The van der Waals surface area contributed by atoms with Crippen LogP contribution in [0.25, 0.3) is 22.9 Å². The molecule has 1 nitrogen and oxygen atoms in total. The average Bonchev–Trinajstić information content (AvgIpc) is 2.65. The second-order valence-corrected chi connectivity index (χ2v) is 7.03. The van der Waals surface area contributed by atoms with Crippen LogP contribution in [0.1, 0.15) is 36.1 Å². The standard InChI is InChI=1S/C25H26O/c1-5-20-12-11-19(15-18(3)4)16-23(20)17-26-25-21(6-2)13-14-22-9-7-8-10-24(22)25/h5-14,16,18H,1-2,15,17H2,3-4H3. The highest BCUT2D eigenvalue weighted by Crippen LogP contribution is 2.31. The predicted octanol–water partition coefficient (Wildman–Crippen LogP) is 6.90. The van der Waals surface area contributed by atoms with Crippen molar-refractivity contribution >= 4 is 22.9 Å². The summed E-state index contributed by atoms with van der Waals surface area (Å²) in [5.74, 6) is 1.52. The lowest BCUT2D eigenvalue weighted by Crippen LogP contribution is -2.02. The molecule has 3 aromatic carbocycles. The van der Waals surface area contributed by atoms with Crippen molar-refractivity contribution in [2.24, 2.45) is 5.92 Å². The van der Waals surface area contributed by atoms with Crippen LogP contribution >= 0.6 is 0 Å². The number of rotatable bonds is 7. The number of benzene rings is 3. The number of fused-ring (bicyclic) bond motifs is 1. The van der Waals surface area contributed by atoms with Gasteiger partial charge in [0.05, 0.1) is 0 Å². The molecule has 26 heavy (non-hydrogen) atoms. The predicted molar refractivity (Wildman–Crippen MR) is 113 cm³/mol. The summed E-state index contributed by atoms with van der Waals surface area (Å²) >= 11 is 0. The molecule has 0 aliphatic heterocycles. The first-order valence-electron chi connectivity index (χ1n) is 9.13. The third-order valence-electron chi connectivity index (χ3n) is 4.57. The highest BCUT2D eigenvalue weighted by atomic mass is 16.5. The fourth-order valence-corrected chi connectivity index (χ4v) is 3.31. The Labute approximate surface area is 156 Å². The molecule has 3 aromatic rings. The SMILES string of the molecule is C=Cc1ccc(CC(C)C)cc1COc1c(C=C)ccc2ccccc12. The summed E-state index contributed by atoms with van der Waals surface area (Å²) in [5, 5.41) is 2.29. The van der Waals surface area contributed by atoms with Gasteiger partial charge in [-0.2, -0.15) is 0 Å². The topological polar surface area (TPSA) is 9.23 Å². The lowest BCUT2D eigenvalue weighted by molar-refractivity contribution is 0.309. The van der Waals surface area contributed by atoms with Gasteiger partial charge in [-0.1, -0.05) is 93.8 Å². The van der Waals surface area contributed by atoms with Crippen LogP contribution in [-0.4, -0.2) is 0 Å². The molecule has 0 atom stereocenters. The monoisotopic (exact) mass is 342 g/mol. The zero-order valence-electron chi connectivity index (χ0n) is 15.7. The molecule has 0 N–H and O–H groups in total. The maximum atomic E-state index is 6.31. The smallest absolute Gasteiger partial charge is 0.134 e. The van der Waals surface area contributed by atoms with E-state index in [0.29, 0.717) is 12.5 Å². The molecule has 0 aliphatic rings. The Kier molecular flexibility index (Phi) is 5.58. The van der Waals surface area contributed by atoms with Crippen molar-refractivity contribution in [2.75, 3.05) is 0 Å². The third-order valence-corrected chi connectivity index (χ3v) is 4.57. The number of hydrogen-bond acceptors (Lipinski definition) is 1. The van der Waals surface area contributed by atoms with Gasteiger partial charge in [0, 0.05) is 10.9 Å². The number of hydrogen-bond donors (Lipinski definition) is 0. The second-order valence-electron chi connectivity index (χ2n) is 7.03. The third kappa shape index (κ3) is 3.88. The lowest BCUT2D eigenvalue weighted by atomic mass is 9.98. The summed E-state index contributed by atoms with van der Waals surface area (Å²) in [6, 6.07) is 19.0. The molecule has 0 amide bonds. The van der Waals surface area contributed by atoms with Gasteiger partial charge in [-0.3, -0.25) is 0 Å². The summed E-state index contributed by atoms with van der Waals surface area (Å²) in [5.41, 5.74) is 4.65. The van der Waals surface area contributed by atoms with Crippen molar-refractivity contribution in [3.05, 3.63) is 90.0 Å². The van der Waals surface area contributed by atoms with Crippen LogP contribution in [0.3, 0.4) is 0 Å². The number of ether oxygens (including phenoxy) is 1. The van der Waals surface area contributed by atoms with Crippen LogP contribution in [-0.2, 0) is 13.0 Å². The van der Waals surface area contributed by atoms with E-state index in [1.807, 2.05) is 24.3 Å². The minimum Gasteiger partial charge on any atom is -0.488 e. The summed E-state index contributed by atoms with van der Waals surface area (Å²) in [7, 11) is 0. The fraction of sp³-hybridized carbons (Fsp3) is 0.200. The van der Waals surface area contributed by atoms with Crippen LogP contribution < -0.4 is 4.74 Å². The Morgan fingerprint density at radius 3 is 2.38 bits per heavy atom. The Bertz CT molecular complexity index is 934. The van der Waals surface area contributed by atoms with E-state index >= 15 is 0 Å². The Hall–Kier alpha value is -2.80. The summed E-state index contributed by atoms with van der Waals surface area (Å²) < 4.78 is 6.31.